The Morgan fingerprint density at radius 2 is 1.40 bits per heavy atom. The summed E-state index contributed by atoms with van der Waals surface area (Å²) in [5, 5.41) is 6.70. The van der Waals surface area contributed by atoms with Crippen molar-refractivity contribution in [3.05, 3.63) is 61.2 Å². The van der Waals surface area contributed by atoms with Crippen LogP contribution in [0.25, 0.3) is 0 Å². The van der Waals surface area contributed by atoms with Crippen LogP contribution in [-0.2, 0) is 0 Å². The van der Waals surface area contributed by atoms with Crippen molar-refractivity contribution in [3.8, 4) is 0 Å². The zero-order valence-corrected chi connectivity index (χ0v) is 19.4. The molecule has 30 heavy (non-hydrogen) atoms. The molecule has 6 heteroatoms. The molecule has 4 nitrogen and oxygen atoms in total. The summed E-state index contributed by atoms with van der Waals surface area (Å²) in [6, 6.07) is 15.6. The van der Waals surface area contributed by atoms with Gasteiger partial charge in [-0.15, -0.1) is 0 Å². The average molecular weight is 429 g/mol. The lowest BCUT2D eigenvalue weighted by Gasteiger charge is -2.43. The first kappa shape index (κ1) is 16.5. The summed E-state index contributed by atoms with van der Waals surface area (Å²) in [4.78, 5) is 10.5. The number of benzene rings is 2. The fraction of sp³-hybridized carbons (Fsp3) is 0.333. The van der Waals surface area contributed by atoms with E-state index < -0.39 is 16.0 Å². The van der Waals surface area contributed by atoms with E-state index in [-0.39, 0.29) is 0 Å². The maximum absolute atomic E-state index is 2.73. The van der Waals surface area contributed by atoms with Gasteiger partial charge in [0.2, 0.25) is 0 Å². The average Bonchev–Trinajstić information content (AvgIpc) is 3.09. The lowest BCUT2D eigenvalue weighted by Crippen LogP contribution is -2.66. The Bertz CT molecular complexity index is 1210. The van der Waals surface area contributed by atoms with Crippen LogP contribution in [0.4, 0.5) is 11.4 Å². The van der Waals surface area contributed by atoms with E-state index in [0.717, 1.165) is 0 Å². The normalized spacial score (nSPS) is 34.4. The second kappa shape index (κ2) is 4.98. The van der Waals surface area contributed by atoms with Gasteiger partial charge in [-0.1, -0.05) is 37.4 Å². The second-order valence-electron chi connectivity index (χ2n) is 10.00. The number of nitrogens with zero attached hydrogens (tertiary/aromatic N) is 4. The molecule has 3 unspecified atom stereocenters. The van der Waals surface area contributed by atoms with Crippen molar-refractivity contribution in [3.63, 3.8) is 0 Å². The minimum Gasteiger partial charge on any atom is -0.351 e. The van der Waals surface area contributed by atoms with Crippen molar-refractivity contribution < 1.29 is 0 Å². The van der Waals surface area contributed by atoms with Crippen molar-refractivity contribution in [2.75, 3.05) is 9.80 Å². The highest BCUT2D eigenvalue weighted by Gasteiger charge is 2.58. The Morgan fingerprint density at radius 3 is 2.13 bits per heavy atom. The number of rotatable bonds is 0. The van der Waals surface area contributed by atoms with E-state index in [2.05, 4.69) is 101 Å². The van der Waals surface area contributed by atoms with Crippen molar-refractivity contribution in [1.82, 2.24) is 9.80 Å². The lowest BCUT2D eigenvalue weighted by molar-refractivity contribution is 0.260. The van der Waals surface area contributed by atoms with Gasteiger partial charge in [0.1, 0.15) is 20.1 Å². The van der Waals surface area contributed by atoms with Crippen LogP contribution in [0.15, 0.2) is 61.2 Å². The molecule has 0 spiro atoms. The first-order valence-electron chi connectivity index (χ1n) is 11.1. The molecule has 2 bridgehead atoms. The topological polar surface area (TPSA) is 13.0 Å². The summed E-state index contributed by atoms with van der Waals surface area (Å²) in [7, 11) is -2.22. The molecule has 1 aliphatic carbocycles. The third-order valence-electron chi connectivity index (χ3n) is 8.28. The molecule has 0 radical (unpaired) electrons. The summed E-state index contributed by atoms with van der Waals surface area (Å²) in [6.45, 7) is 7.51. The molecular formula is C24H25N4PSi. The van der Waals surface area contributed by atoms with Gasteiger partial charge in [0.15, 0.2) is 0 Å². The predicted molar refractivity (Wildman–Crippen MR) is 128 cm³/mol. The molecule has 0 saturated heterocycles. The minimum absolute atomic E-state index is 0.393. The van der Waals surface area contributed by atoms with E-state index in [1.165, 1.54) is 17.8 Å². The monoisotopic (exact) mass is 428 g/mol. The smallest absolute Gasteiger partial charge is 0.133 e. The Balaban J connectivity index is 1.50. The van der Waals surface area contributed by atoms with E-state index in [9.17, 15) is 0 Å². The molecular weight excluding hydrogens is 403 g/mol. The molecule has 2 aromatic rings. The van der Waals surface area contributed by atoms with Gasteiger partial charge in [0, 0.05) is 43.3 Å². The zero-order chi connectivity index (χ0) is 19.9. The fourth-order valence-corrected chi connectivity index (χ4v) is 15.0. The molecule has 150 valence electrons. The van der Waals surface area contributed by atoms with Gasteiger partial charge >= 0.3 is 0 Å². The van der Waals surface area contributed by atoms with Crippen molar-refractivity contribution in [2.24, 2.45) is 0 Å². The molecule has 6 aliphatic rings. The molecule has 0 amide bonds. The molecule has 2 aromatic carbocycles. The first-order chi connectivity index (χ1) is 14.6. The molecule has 5 aliphatic heterocycles. The SMILES string of the molecule is C[C@H]1N2C=CN1C1CC1N1C=CN3c4cccc5c4P(c4c2cccc4[Si]5(C)C)[C@H]31. The number of fused-ring (bicyclic) bond motifs is 7. The van der Waals surface area contributed by atoms with Gasteiger partial charge in [0.05, 0.1) is 23.5 Å². The van der Waals surface area contributed by atoms with E-state index in [0.29, 0.717) is 24.2 Å². The lowest BCUT2D eigenvalue weighted by atomic mass is 10.2. The highest BCUT2D eigenvalue weighted by atomic mass is 31.1. The molecule has 8 rings (SSSR count). The Labute approximate surface area is 179 Å². The summed E-state index contributed by atoms with van der Waals surface area (Å²) in [5.74, 6) is 0.450. The van der Waals surface area contributed by atoms with Crippen LogP contribution in [0.2, 0.25) is 13.1 Å². The highest BCUT2D eigenvalue weighted by molar-refractivity contribution is 7.77. The van der Waals surface area contributed by atoms with Gasteiger partial charge in [-0.2, -0.15) is 0 Å². The third-order valence-corrected chi connectivity index (χ3v) is 15.1. The molecule has 1 saturated carbocycles. The number of anilines is 2. The van der Waals surface area contributed by atoms with Crippen LogP contribution >= 0.6 is 7.92 Å². The summed E-state index contributed by atoms with van der Waals surface area (Å²) in [5.41, 5.74) is 2.93. The maximum Gasteiger partial charge on any atom is 0.133 e. The van der Waals surface area contributed by atoms with Crippen LogP contribution in [0.3, 0.4) is 0 Å². The quantitative estimate of drug-likeness (QED) is 0.471. The van der Waals surface area contributed by atoms with Crippen molar-refractivity contribution >= 4 is 48.4 Å². The maximum atomic E-state index is 2.73. The Kier molecular flexibility index (Phi) is 2.73. The van der Waals surface area contributed by atoms with Crippen LogP contribution in [0.1, 0.15) is 13.3 Å². The first-order valence-corrected chi connectivity index (χ1v) is 15.5. The summed E-state index contributed by atoms with van der Waals surface area (Å²) >= 11 is 0. The fourth-order valence-electron chi connectivity index (χ4n) is 6.69. The molecule has 1 fully saturated rings. The molecule has 5 heterocycles. The Hall–Kier alpha value is -2.23. The molecule has 0 N–H and O–H groups in total. The van der Waals surface area contributed by atoms with Gasteiger partial charge in [-0.05, 0) is 35.9 Å². The largest absolute Gasteiger partial charge is 0.351 e. The summed E-state index contributed by atoms with van der Waals surface area (Å²) in [6.07, 6.45) is 11.1. The highest BCUT2D eigenvalue weighted by Crippen LogP contribution is 2.59. The van der Waals surface area contributed by atoms with Crippen molar-refractivity contribution in [2.45, 2.75) is 50.6 Å². The minimum atomic E-state index is -1.76. The van der Waals surface area contributed by atoms with E-state index in [4.69, 9.17) is 0 Å². The van der Waals surface area contributed by atoms with Crippen LogP contribution < -0.4 is 30.8 Å². The van der Waals surface area contributed by atoms with Crippen LogP contribution in [-0.4, -0.2) is 42.0 Å². The standard InChI is InChI=1S/C24H25N4PSi/c1-15-25-10-11-26(15)18-14-19(18)28-13-12-27-17-7-5-9-21-23(17)29(24(27)28)22-16(25)6-4-8-20(22)30(21,2)3/h4-13,15,18-19,24H,14H2,1-3H3/t15-,18?,19?,24+,29?/m0/s1. The van der Waals surface area contributed by atoms with Crippen molar-refractivity contribution in [1.29, 1.82) is 0 Å². The zero-order valence-electron chi connectivity index (χ0n) is 17.5. The second-order valence-corrected chi connectivity index (χ2v) is 16.4. The third kappa shape index (κ3) is 1.65. The van der Waals surface area contributed by atoms with Gasteiger partial charge in [-0.3, -0.25) is 0 Å². The van der Waals surface area contributed by atoms with E-state index in [1.807, 2.05) is 0 Å². The molecule has 0 aromatic heterocycles. The van der Waals surface area contributed by atoms with Crippen LogP contribution in [0.5, 0.6) is 0 Å². The van der Waals surface area contributed by atoms with Gasteiger partial charge in [-0.25, -0.2) is 0 Å². The number of hydrogen-bond acceptors (Lipinski definition) is 4. The van der Waals surface area contributed by atoms with Crippen LogP contribution in [0, 0.1) is 0 Å². The summed E-state index contributed by atoms with van der Waals surface area (Å²) < 4.78 is 0. The predicted octanol–water partition coefficient (Wildman–Crippen LogP) is 2.24. The van der Waals surface area contributed by atoms with Gasteiger partial charge < -0.3 is 19.6 Å². The number of hydrogen-bond donors (Lipinski definition) is 0. The van der Waals surface area contributed by atoms with E-state index in [1.54, 1.807) is 21.0 Å². The Morgan fingerprint density at radius 1 is 0.800 bits per heavy atom. The molecule has 5 atom stereocenters. The van der Waals surface area contributed by atoms with E-state index >= 15 is 0 Å². The van der Waals surface area contributed by atoms with Gasteiger partial charge in [0.25, 0.3) is 0 Å².